The SMILES string of the molecule is O=C(NCCc1ccn(-c2ccccc2)n1)C(=O)c1ccc(Br)cc1. The molecule has 3 rings (SSSR count). The van der Waals surface area contributed by atoms with Crippen LogP contribution in [0.3, 0.4) is 0 Å². The maximum atomic E-state index is 12.0. The fourth-order valence-corrected chi connectivity index (χ4v) is 2.60. The minimum atomic E-state index is -0.607. The van der Waals surface area contributed by atoms with Crippen molar-refractivity contribution in [2.24, 2.45) is 0 Å². The van der Waals surface area contributed by atoms with Gasteiger partial charge >= 0.3 is 0 Å². The van der Waals surface area contributed by atoms with Gasteiger partial charge in [-0.2, -0.15) is 5.10 Å². The minimum absolute atomic E-state index is 0.354. The second kappa shape index (κ2) is 7.90. The number of benzene rings is 2. The molecule has 0 bridgehead atoms. The molecule has 0 aliphatic heterocycles. The summed E-state index contributed by atoms with van der Waals surface area (Å²) < 4.78 is 2.64. The number of nitrogens with one attached hydrogen (secondary N) is 1. The van der Waals surface area contributed by atoms with E-state index in [0.717, 1.165) is 15.9 Å². The smallest absolute Gasteiger partial charge is 0.292 e. The van der Waals surface area contributed by atoms with Crippen LogP contribution in [-0.2, 0) is 11.2 Å². The molecule has 0 aliphatic rings. The average Bonchev–Trinajstić information content (AvgIpc) is 3.11. The molecule has 0 saturated heterocycles. The zero-order chi connectivity index (χ0) is 17.6. The van der Waals surface area contributed by atoms with Crippen LogP contribution in [0.2, 0.25) is 0 Å². The lowest BCUT2D eigenvalue weighted by Gasteiger charge is -2.04. The maximum Gasteiger partial charge on any atom is 0.292 e. The maximum absolute atomic E-state index is 12.0. The summed E-state index contributed by atoms with van der Waals surface area (Å²) in [7, 11) is 0. The number of ketones is 1. The molecule has 6 heteroatoms. The molecule has 1 amide bonds. The molecule has 0 radical (unpaired) electrons. The predicted molar refractivity (Wildman–Crippen MR) is 98.8 cm³/mol. The standard InChI is InChI=1S/C19H16BrN3O2/c20-15-8-6-14(7-9-15)18(24)19(25)21-12-10-16-11-13-23(22-16)17-4-2-1-3-5-17/h1-9,11,13H,10,12H2,(H,21,25). The quantitative estimate of drug-likeness (QED) is 0.513. The molecule has 0 atom stereocenters. The van der Waals surface area contributed by atoms with E-state index in [4.69, 9.17) is 0 Å². The molecule has 1 heterocycles. The van der Waals surface area contributed by atoms with Crippen LogP contribution in [0.5, 0.6) is 0 Å². The number of aromatic nitrogens is 2. The number of hydrogen-bond acceptors (Lipinski definition) is 3. The molecular formula is C19H16BrN3O2. The molecule has 0 fully saturated rings. The van der Waals surface area contributed by atoms with Gasteiger partial charge in [0.25, 0.3) is 5.91 Å². The molecule has 126 valence electrons. The van der Waals surface area contributed by atoms with E-state index in [-0.39, 0.29) is 0 Å². The zero-order valence-corrected chi connectivity index (χ0v) is 14.9. The summed E-state index contributed by atoms with van der Waals surface area (Å²) in [6, 6.07) is 18.4. The van der Waals surface area contributed by atoms with Gasteiger partial charge in [0, 0.05) is 29.2 Å². The molecule has 0 aliphatic carbocycles. The second-order valence-electron chi connectivity index (χ2n) is 5.43. The average molecular weight is 398 g/mol. The molecule has 2 aromatic carbocycles. The molecular weight excluding hydrogens is 382 g/mol. The summed E-state index contributed by atoms with van der Waals surface area (Å²) in [5.41, 5.74) is 2.19. The van der Waals surface area contributed by atoms with E-state index in [1.807, 2.05) is 42.6 Å². The third kappa shape index (κ3) is 4.42. The Morgan fingerprint density at radius 1 is 1.00 bits per heavy atom. The summed E-state index contributed by atoms with van der Waals surface area (Å²) in [6.07, 6.45) is 2.43. The molecule has 0 unspecified atom stereocenters. The van der Waals surface area contributed by atoms with Crippen LogP contribution in [0.15, 0.2) is 71.3 Å². The van der Waals surface area contributed by atoms with Crippen molar-refractivity contribution in [2.75, 3.05) is 6.54 Å². The van der Waals surface area contributed by atoms with E-state index in [9.17, 15) is 9.59 Å². The van der Waals surface area contributed by atoms with Crippen molar-refractivity contribution >= 4 is 27.6 Å². The summed E-state index contributed by atoms with van der Waals surface area (Å²) in [4.78, 5) is 24.0. The summed E-state index contributed by atoms with van der Waals surface area (Å²) in [5, 5.41) is 7.11. The molecule has 5 nitrogen and oxygen atoms in total. The molecule has 1 aromatic heterocycles. The Morgan fingerprint density at radius 3 is 2.44 bits per heavy atom. The first kappa shape index (κ1) is 17.1. The number of carbonyl (C=O) groups excluding carboxylic acids is 2. The Bertz CT molecular complexity index is 873. The van der Waals surface area contributed by atoms with Crippen LogP contribution in [-0.4, -0.2) is 28.0 Å². The zero-order valence-electron chi connectivity index (χ0n) is 13.4. The van der Waals surface area contributed by atoms with Crippen LogP contribution in [0.25, 0.3) is 5.69 Å². The van der Waals surface area contributed by atoms with Gasteiger partial charge < -0.3 is 5.32 Å². The highest BCUT2D eigenvalue weighted by molar-refractivity contribution is 9.10. The highest BCUT2D eigenvalue weighted by atomic mass is 79.9. The third-order valence-electron chi connectivity index (χ3n) is 3.64. The van der Waals surface area contributed by atoms with Gasteiger partial charge in [-0.25, -0.2) is 4.68 Å². The van der Waals surface area contributed by atoms with Crippen molar-refractivity contribution < 1.29 is 9.59 Å². The van der Waals surface area contributed by atoms with Gasteiger partial charge in [0.1, 0.15) is 0 Å². The Hall–Kier alpha value is -2.73. The summed E-state index contributed by atoms with van der Waals surface area (Å²) in [5.74, 6) is -1.15. The first-order valence-corrected chi connectivity index (χ1v) is 8.61. The van der Waals surface area contributed by atoms with Crippen molar-refractivity contribution in [3.63, 3.8) is 0 Å². The Kier molecular flexibility index (Phi) is 5.40. The molecule has 1 N–H and O–H groups in total. The number of hydrogen-bond donors (Lipinski definition) is 1. The number of Topliss-reactive ketones (excluding diaryl/α,β-unsaturated/α-hetero) is 1. The van der Waals surface area contributed by atoms with Gasteiger partial charge in [0.15, 0.2) is 0 Å². The number of amides is 1. The van der Waals surface area contributed by atoms with Crippen LogP contribution in [0.4, 0.5) is 0 Å². The fraction of sp³-hybridized carbons (Fsp3) is 0.105. The number of carbonyl (C=O) groups is 2. The van der Waals surface area contributed by atoms with Crippen LogP contribution in [0, 0.1) is 0 Å². The van der Waals surface area contributed by atoms with Crippen molar-refractivity contribution in [3.05, 3.63) is 82.6 Å². The number of para-hydroxylation sites is 1. The van der Waals surface area contributed by atoms with Crippen LogP contribution in [0.1, 0.15) is 16.1 Å². The van der Waals surface area contributed by atoms with E-state index < -0.39 is 11.7 Å². The summed E-state index contributed by atoms with van der Waals surface area (Å²) in [6.45, 7) is 0.354. The minimum Gasteiger partial charge on any atom is -0.349 e. The Morgan fingerprint density at radius 2 is 1.72 bits per heavy atom. The van der Waals surface area contributed by atoms with Crippen molar-refractivity contribution in [3.8, 4) is 5.69 Å². The molecule has 3 aromatic rings. The van der Waals surface area contributed by atoms with E-state index in [1.54, 1.807) is 28.9 Å². The largest absolute Gasteiger partial charge is 0.349 e. The van der Waals surface area contributed by atoms with Gasteiger partial charge in [-0.1, -0.05) is 34.1 Å². The van der Waals surface area contributed by atoms with E-state index in [0.29, 0.717) is 18.5 Å². The lowest BCUT2D eigenvalue weighted by molar-refractivity contribution is -0.116. The molecule has 0 spiro atoms. The highest BCUT2D eigenvalue weighted by Crippen LogP contribution is 2.11. The van der Waals surface area contributed by atoms with Crippen LogP contribution < -0.4 is 5.32 Å². The van der Waals surface area contributed by atoms with Gasteiger partial charge in [0.2, 0.25) is 5.78 Å². The van der Waals surface area contributed by atoms with Gasteiger partial charge in [-0.05, 0) is 42.5 Å². The predicted octanol–water partition coefficient (Wildman–Crippen LogP) is 3.18. The first-order chi connectivity index (χ1) is 12.1. The third-order valence-corrected chi connectivity index (χ3v) is 4.17. The van der Waals surface area contributed by atoms with Crippen molar-refractivity contribution in [2.45, 2.75) is 6.42 Å². The Balaban J connectivity index is 1.53. The van der Waals surface area contributed by atoms with E-state index in [1.165, 1.54) is 0 Å². The number of halogens is 1. The molecule has 25 heavy (non-hydrogen) atoms. The summed E-state index contributed by atoms with van der Waals surface area (Å²) >= 11 is 3.30. The number of rotatable bonds is 6. The van der Waals surface area contributed by atoms with Crippen molar-refractivity contribution in [1.82, 2.24) is 15.1 Å². The van der Waals surface area contributed by atoms with Gasteiger partial charge in [-0.3, -0.25) is 9.59 Å². The van der Waals surface area contributed by atoms with Gasteiger partial charge in [0.05, 0.1) is 11.4 Å². The lowest BCUT2D eigenvalue weighted by atomic mass is 10.1. The van der Waals surface area contributed by atoms with Crippen LogP contribution >= 0.6 is 15.9 Å². The monoisotopic (exact) mass is 397 g/mol. The fourth-order valence-electron chi connectivity index (χ4n) is 2.34. The second-order valence-corrected chi connectivity index (χ2v) is 6.34. The highest BCUT2D eigenvalue weighted by Gasteiger charge is 2.15. The lowest BCUT2D eigenvalue weighted by Crippen LogP contribution is -2.32. The van der Waals surface area contributed by atoms with Crippen molar-refractivity contribution in [1.29, 1.82) is 0 Å². The molecule has 0 saturated carbocycles. The van der Waals surface area contributed by atoms with E-state index in [2.05, 4.69) is 26.3 Å². The van der Waals surface area contributed by atoms with E-state index >= 15 is 0 Å². The topological polar surface area (TPSA) is 64.0 Å². The van der Waals surface area contributed by atoms with Gasteiger partial charge in [-0.15, -0.1) is 0 Å². The normalized spacial score (nSPS) is 10.4. The first-order valence-electron chi connectivity index (χ1n) is 7.81. The number of nitrogens with zero attached hydrogens (tertiary/aromatic N) is 2. The Labute approximate surface area is 153 Å².